The van der Waals surface area contributed by atoms with Gasteiger partial charge in [0, 0.05) is 24.9 Å². The van der Waals surface area contributed by atoms with Crippen LogP contribution in [0.5, 0.6) is 0 Å². The van der Waals surface area contributed by atoms with E-state index in [9.17, 15) is 9.59 Å². The van der Waals surface area contributed by atoms with E-state index in [-0.39, 0.29) is 0 Å². The number of amides is 1. The second kappa shape index (κ2) is 9.84. The molecule has 1 aliphatic rings. The van der Waals surface area contributed by atoms with Crippen molar-refractivity contribution in [2.24, 2.45) is 0 Å². The third-order valence-corrected chi connectivity index (χ3v) is 4.28. The highest BCUT2D eigenvalue weighted by molar-refractivity contribution is 5.94. The Morgan fingerprint density at radius 1 is 1.20 bits per heavy atom. The number of esters is 1. The molecule has 25 heavy (non-hydrogen) atoms. The molecule has 6 heteroatoms. The van der Waals surface area contributed by atoms with Gasteiger partial charge in [-0.15, -0.1) is 0 Å². The minimum absolute atomic E-state index is 0.457. The van der Waals surface area contributed by atoms with Crippen LogP contribution in [-0.4, -0.2) is 49.8 Å². The number of anilines is 1. The maximum Gasteiger partial charge on any atom is 0.330 e. The number of benzene rings is 1. The minimum Gasteiger partial charge on any atom is -0.467 e. The lowest BCUT2D eigenvalue weighted by molar-refractivity contribution is -0.145. The monoisotopic (exact) mass is 346 g/mol. The minimum atomic E-state index is -1.05. The summed E-state index contributed by atoms with van der Waals surface area (Å²) in [6.07, 6.45) is 8.07. The van der Waals surface area contributed by atoms with Gasteiger partial charge in [-0.2, -0.15) is 0 Å². The Labute approximate surface area is 148 Å². The molecule has 0 saturated carbocycles. The Balaban J connectivity index is 1.92. The fraction of sp³-hybridized carbons (Fsp3) is 0.474. The molecule has 2 rings (SSSR count). The first-order valence-corrected chi connectivity index (χ1v) is 8.66. The molecule has 1 fully saturated rings. The highest BCUT2D eigenvalue weighted by atomic mass is 16.5. The van der Waals surface area contributed by atoms with Crippen LogP contribution in [0.1, 0.15) is 31.2 Å². The molecule has 1 atom stereocenters. The fourth-order valence-electron chi connectivity index (χ4n) is 2.84. The highest BCUT2D eigenvalue weighted by Crippen LogP contribution is 2.20. The van der Waals surface area contributed by atoms with Gasteiger partial charge >= 0.3 is 5.97 Å². The molecule has 1 heterocycles. The lowest BCUT2D eigenvalue weighted by atomic mass is 10.1. The van der Waals surface area contributed by atoms with Gasteiger partial charge in [0.15, 0.2) is 6.04 Å². The third-order valence-electron chi connectivity index (χ3n) is 4.28. The van der Waals surface area contributed by atoms with Crippen molar-refractivity contribution in [2.45, 2.75) is 31.7 Å². The summed E-state index contributed by atoms with van der Waals surface area (Å²) >= 11 is 0. The van der Waals surface area contributed by atoms with Crippen LogP contribution < -0.4 is 10.2 Å². The molecule has 6 nitrogen and oxygen atoms in total. The Bertz CT molecular complexity index is 590. The van der Waals surface area contributed by atoms with Crippen molar-refractivity contribution in [1.82, 2.24) is 5.32 Å². The molecule has 1 aromatic carbocycles. The standard InChI is InChI=1S/C19H26N2O4/c1-25-19(24)17(14-22)20-18(23)11-8-15-6-9-16(10-7-15)21-12-4-2-3-5-13-21/h6-11,17,22H,2-5,12-14H2,1H3,(H,20,23)/b11-8+/t17-/m0/s1. The van der Waals surface area contributed by atoms with Crippen LogP contribution in [0.25, 0.3) is 6.08 Å². The quantitative estimate of drug-likeness (QED) is 0.606. The summed E-state index contributed by atoms with van der Waals surface area (Å²) < 4.78 is 4.50. The molecule has 0 spiro atoms. The highest BCUT2D eigenvalue weighted by Gasteiger charge is 2.19. The van der Waals surface area contributed by atoms with Crippen LogP contribution in [0.3, 0.4) is 0 Å². The Morgan fingerprint density at radius 2 is 1.84 bits per heavy atom. The number of nitrogens with zero attached hydrogens (tertiary/aromatic N) is 1. The zero-order chi connectivity index (χ0) is 18.1. The summed E-state index contributed by atoms with van der Waals surface area (Å²) in [4.78, 5) is 25.6. The molecule has 0 unspecified atom stereocenters. The molecule has 0 aromatic heterocycles. The van der Waals surface area contributed by atoms with Crippen LogP contribution in [0.4, 0.5) is 5.69 Å². The Kier molecular flexibility index (Phi) is 7.47. The SMILES string of the molecule is COC(=O)[C@H](CO)NC(=O)/C=C/c1ccc(N2CCCCCC2)cc1. The van der Waals surface area contributed by atoms with E-state index < -0.39 is 24.5 Å². The molecule has 136 valence electrons. The third kappa shape index (κ3) is 5.90. The molecule has 0 radical (unpaired) electrons. The average molecular weight is 346 g/mol. The Morgan fingerprint density at radius 3 is 2.40 bits per heavy atom. The zero-order valence-electron chi connectivity index (χ0n) is 14.6. The summed E-state index contributed by atoms with van der Waals surface area (Å²) in [5.41, 5.74) is 2.10. The normalized spacial score (nSPS) is 16.3. The van der Waals surface area contributed by atoms with E-state index in [0.717, 1.165) is 18.7 Å². The predicted octanol–water partition coefficient (Wildman–Crippen LogP) is 1.73. The topological polar surface area (TPSA) is 78.9 Å². The summed E-state index contributed by atoms with van der Waals surface area (Å²) in [7, 11) is 1.21. The smallest absolute Gasteiger partial charge is 0.330 e. The van der Waals surface area contributed by atoms with Crippen LogP contribution in [-0.2, 0) is 14.3 Å². The van der Waals surface area contributed by atoms with Crippen molar-refractivity contribution >= 4 is 23.6 Å². The summed E-state index contributed by atoms with van der Waals surface area (Å²) in [6, 6.07) is 7.01. The van der Waals surface area contributed by atoms with Gasteiger partial charge in [-0.05, 0) is 36.6 Å². The summed E-state index contributed by atoms with van der Waals surface area (Å²) in [6.45, 7) is 1.68. The molecule has 1 aliphatic heterocycles. The van der Waals surface area contributed by atoms with Gasteiger partial charge in [0.05, 0.1) is 13.7 Å². The van der Waals surface area contributed by atoms with Gasteiger partial charge in [-0.25, -0.2) is 4.79 Å². The average Bonchev–Trinajstić information content (AvgIpc) is 2.93. The van der Waals surface area contributed by atoms with Gasteiger partial charge in [-0.1, -0.05) is 25.0 Å². The number of hydrogen-bond acceptors (Lipinski definition) is 5. The number of nitrogens with one attached hydrogen (secondary N) is 1. The molecular weight excluding hydrogens is 320 g/mol. The molecular formula is C19H26N2O4. The van der Waals surface area contributed by atoms with Crippen molar-refractivity contribution in [3.05, 3.63) is 35.9 Å². The lowest BCUT2D eigenvalue weighted by Gasteiger charge is -2.22. The predicted molar refractivity (Wildman–Crippen MR) is 97.2 cm³/mol. The zero-order valence-corrected chi connectivity index (χ0v) is 14.6. The largest absolute Gasteiger partial charge is 0.467 e. The van der Waals surface area contributed by atoms with Gasteiger partial charge < -0.3 is 20.1 Å². The lowest BCUT2D eigenvalue weighted by Crippen LogP contribution is -2.43. The first-order valence-electron chi connectivity index (χ1n) is 8.66. The van der Waals surface area contributed by atoms with E-state index in [0.29, 0.717) is 0 Å². The first kappa shape index (κ1) is 19.0. The van der Waals surface area contributed by atoms with E-state index >= 15 is 0 Å². The number of methoxy groups -OCH3 is 1. The number of ether oxygens (including phenoxy) is 1. The van der Waals surface area contributed by atoms with E-state index in [1.54, 1.807) is 6.08 Å². The number of carbonyl (C=O) groups is 2. The van der Waals surface area contributed by atoms with Gasteiger partial charge in [0.2, 0.25) is 5.91 Å². The molecule has 1 saturated heterocycles. The van der Waals surface area contributed by atoms with Crippen molar-refractivity contribution in [3.63, 3.8) is 0 Å². The Hall–Kier alpha value is -2.34. The fourth-order valence-corrected chi connectivity index (χ4v) is 2.84. The molecule has 2 N–H and O–H groups in total. The van der Waals surface area contributed by atoms with E-state index in [2.05, 4.69) is 27.1 Å². The number of carbonyl (C=O) groups excluding carboxylic acids is 2. The number of aliphatic hydroxyl groups is 1. The summed E-state index contributed by atoms with van der Waals surface area (Å²) in [5, 5.41) is 11.5. The number of hydrogen-bond donors (Lipinski definition) is 2. The van der Waals surface area contributed by atoms with Crippen molar-refractivity contribution < 1.29 is 19.4 Å². The van der Waals surface area contributed by atoms with Gasteiger partial charge in [-0.3, -0.25) is 4.79 Å². The molecule has 0 aliphatic carbocycles. The van der Waals surface area contributed by atoms with Crippen LogP contribution >= 0.6 is 0 Å². The van der Waals surface area contributed by atoms with Crippen molar-refractivity contribution in [3.8, 4) is 0 Å². The van der Waals surface area contributed by atoms with Crippen LogP contribution in [0.15, 0.2) is 30.3 Å². The van der Waals surface area contributed by atoms with Crippen molar-refractivity contribution in [2.75, 3.05) is 31.7 Å². The van der Waals surface area contributed by atoms with Crippen molar-refractivity contribution in [1.29, 1.82) is 0 Å². The first-order chi connectivity index (χ1) is 12.1. The molecule has 1 amide bonds. The van der Waals surface area contributed by atoms with E-state index in [1.807, 2.05) is 12.1 Å². The maximum absolute atomic E-state index is 11.8. The second-order valence-electron chi connectivity index (χ2n) is 6.09. The van der Waals surface area contributed by atoms with Gasteiger partial charge in [0.1, 0.15) is 0 Å². The van der Waals surface area contributed by atoms with Crippen LogP contribution in [0.2, 0.25) is 0 Å². The molecule has 0 bridgehead atoms. The van der Waals surface area contributed by atoms with Gasteiger partial charge in [0.25, 0.3) is 0 Å². The van der Waals surface area contributed by atoms with E-state index in [4.69, 9.17) is 5.11 Å². The maximum atomic E-state index is 11.8. The molecule has 1 aromatic rings. The number of aliphatic hydroxyl groups excluding tert-OH is 1. The number of rotatable bonds is 6. The summed E-state index contributed by atoms with van der Waals surface area (Å²) in [5.74, 6) is -1.13. The van der Waals surface area contributed by atoms with E-state index in [1.165, 1.54) is 44.6 Å². The van der Waals surface area contributed by atoms with Crippen LogP contribution in [0, 0.1) is 0 Å². The second-order valence-corrected chi connectivity index (χ2v) is 6.09.